The van der Waals surface area contributed by atoms with E-state index < -0.39 is 0 Å². The smallest absolute Gasteiger partial charge is 0.251 e. The van der Waals surface area contributed by atoms with Crippen molar-refractivity contribution in [3.63, 3.8) is 0 Å². The van der Waals surface area contributed by atoms with Gasteiger partial charge in [0.25, 0.3) is 5.91 Å². The molecule has 0 saturated carbocycles. The molecule has 31 heavy (non-hydrogen) atoms. The summed E-state index contributed by atoms with van der Waals surface area (Å²) in [5, 5.41) is 13.5. The molecule has 1 amide bonds. The molecule has 3 rings (SSSR count). The standard InChI is InChI=1S/C24H27ClN4OS/c1-5-13-29-22(27-28-24(29)31-15-18-9-11-20(25)12-10-18)21(16(2)3)26-23(30)19-8-6-7-17(4)14-19/h5-12,14,16,21H,1,13,15H2,2-4H3,(H,26,30)/t21-/m0/s1. The number of amides is 1. The van der Waals surface area contributed by atoms with E-state index in [0.717, 1.165) is 32.9 Å². The number of carbonyl (C=O) groups excluding carboxylic acids is 1. The van der Waals surface area contributed by atoms with Crippen molar-refractivity contribution in [3.8, 4) is 0 Å². The van der Waals surface area contributed by atoms with Crippen LogP contribution < -0.4 is 5.32 Å². The van der Waals surface area contributed by atoms with Crippen LogP contribution in [-0.4, -0.2) is 20.7 Å². The first kappa shape index (κ1) is 23.1. The van der Waals surface area contributed by atoms with Crippen molar-refractivity contribution < 1.29 is 4.79 Å². The van der Waals surface area contributed by atoms with Gasteiger partial charge in [-0.2, -0.15) is 0 Å². The Labute approximate surface area is 192 Å². The number of hydrogen-bond donors (Lipinski definition) is 1. The van der Waals surface area contributed by atoms with Gasteiger partial charge in [-0.3, -0.25) is 4.79 Å². The molecular weight excluding hydrogens is 428 g/mol. The minimum atomic E-state index is -0.273. The third-order valence-corrected chi connectivity index (χ3v) is 6.14. The van der Waals surface area contributed by atoms with Crippen LogP contribution >= 0.6 is 23.4 Å². The van der Waals surface area contributed by atoms with Crippen molar-refractivity contribution in [1.29, 1.82) is 0 Å². The quantitative estimate of drug-likeness (QED) is 0.325. The van der Waals surface area contributed by atoms with Crippen molar-refractivity contribution in [2.24, 2.45) is 5.92 Å². The fourth-order valence-corrected chi connectivity index (χ4v) is 4.24. The Hall–Kier alpha value is -2.57. The monoisotopic (exact) mass is 454 g/mol. The largest absolute Gasteiger partial charge is 0.342 e. The summed E-state index contributed by atoms with van der Waals surface area (Å²) in [5.74, 6) is 1.49. The van der Waals surface area contributed by atoms with Crippen LogP contribution in [0.15, 0.2) is 66.3 Å². The number of carbonyl (C=O) groups is 1. The molecule has 162 valence electrons. The number of aryl methyl sites for hydroxylation is 1. The molecule has 3 aromatic rings. The minimum Gasteiger partial charge on any atom is -0.342 e. The average molecular weight is 455 g/mol. The molecule has 2 aromatic carbocycles. The first-order valence-electron chi connectivity index (χ1n) is 10.2. The SMILES string of the molecule is C=CCn1c(SCc2ccc(Cl)cc2)nnc1[C@@H](NC(=O)c1cccc(C)c1)C(C)C. The van der Waals surface area contributed by atoms with E-state index in [2.05, 4.69) is 35.9 Å². The summed E-state index contributed by atoms with van der Waals surface area (Å²) >= 11 is 7.58. The number of rotatable bonds is 9. The Balaban J connectivity index is 1.83. The average Bonchev–Trinajstić information content (AvgIpc) is 3.13. The predicted octanol–water partition coefficient (Wildman–Crippen LogP) is 5.85. The highest BCUT2D eigenvalue weighted by atomic mass is 35.5. The second-order valence-corrected chi connectivity index (χ2v) is 9.10. The van der Waals surface area contributed by atoms with Crippen LogP contribution in [0, 0.1) is 12.8 Å². The molecule has 0 unspecified atom stereocenters. The van der Waals surface area contributed by atoms with Crippen molar-refractivity contribution in [2.75, 3.05) is 0 Å². The lowest BCUT2D eigenvalue weighted by molar-refractivity contribution is 0.0922. The van der Waals surface area contributed by atoms with Crippen LogP contribution in [-0.2, 0) is 12.3 Å². The zero-order valence-electron chi connectivity index (χ0n) is 18.0. The summed E-state index contributed by atoms with van der Waals surface area (Å²) in [6, 6.07) is 15.1. The van der Waals surface area contributed by atoms with E-state index in [0.29, 0.717) is 12.1 Å². The summed E-state index contributed by atoms with van der Waals surface area (Å²) in [7, 11) is 0. The molecule has 1 heterocycles. The van der Waals surface area contributed by atoms with E-state index in [-0.39, 0.29) is 17.9 Å². The van der Waals surface area contributed by atoms with Gasteiger partial charge in [-0.1, -0.05) is 73.1 Å². The van der Waals surface area contributed by atoms with Gasteiger partial charge < -0.3 is 9.88 Å². The van der Waals surface area contributed by atoms with Gasteiger partial charge in [0, 0.05) is 22.9 Å². The summed E-state index contributed by atoms with van der Waals surface area (Å²) in [4.78, 5) is 12.9. The van der Waals surface area contributed by atoms with Crippen LogP contribution in [0.4, 0.5) is 0 Å². The van der Waals surface area contributed by atoms with Crippen molar-refractivity contribution >= 4 is 29.3 Å². The van der Waals surface area contributed by atoms with E-state index in [1.165, 1.54) is 0 Å². The maximum absolute atomic E-state index is 12.9. The number of nitrogens with zero attached hydrogens (tertiary/aromatic N) is 3. The number of halogens is 1. The van der Waals surface area contributed by atoms with Crippen LogP contribution in [0.25, 0.3) is 0 Å². The van der Waals surface area contributed by atoms with Gasteiger partial charge in [0.2, 0.25) is 0 Å². The molecule has 1 aromatic heterocycles. The van der Waals surface area contributed by atoms with Crippen LogP contribution in [0.5, 0.6) is 0 Å². The number of aromatic nitrogens is 3. The summed E-state index contributed by atoms with van der Waals surface area (Å²) < 4.78 is 2.02. The third-order valence-electron chi connectivity index (χ3n) is 4.85. The highest BCUT2D eigenvalue weighted by Crippen LogP contribution is 2.28. The Morgan fingerprint density at radius 3 is 2.61 bits per heavy atom. The zero-order chi connectivity index (χ0) is 22.4. The van der Waals surface area contributed by atoms with Gasteiger partial charge in [-0.25, -0.2) is 0 Å². The molecule has 0 aliphatic rings. The van der Waals surface area contributed by atoms with Gasteiger partial charge in [-0.05, 0) is 42.7 Å². The van der Waals surface area contributed by atoms with Crippen molar-refractivity contribution in [2.45, 2.75) is 44.3 Å². The maximum atomic E-state index is 12.9. The third kappa shape index (κ3) is 5.99. The first-order valence-corrected chi connectivity index (χ1v) is 11.5. The molecule has 1 atom stereocenters. The summed E-state index contributed by atoms with van der Waals surface area (Å²) in [6.07, 6.45) is 1.82. The molecule has 0 radical (unpaired) electrons. The Bertz CT molecular complexity index is 1050. The normalized spacial score (nSPS) is 12.0. The minimum absolute atomic E-state index is 0.120. The Morgan fingerprint density at radius 2 is 1.97 bits per heavy atom. The van der Waals surface area contributed by atoms with Crippen LogP contribution in [0.2, 0.25) is 5.02 Å². The Morgan fingerprint density at radius 1 is 1.23 bits per heavy atom. The predicted molar refractivity (Wildman–Crippen MR) is 127 cm³/mol. The van der Waals surface area contributed by atoms with Gasteiger partial charge >= 0.3 is 0 Å². The molecule has 0 bridgehead atoms. The summed E-state index contributed by atoms with van der Waals surface area (Å²) in [5.41, 5.74) is 2.83. The second-order valence-electron chi connectivity index (χ2n) is 7.72. The lowest BCUT2D eigenvalue weighted by Gasteiger charge is -2.22. The molecular formula is C24H27ClN4OS. The number of hydrogen-bond acceptors (Lipinski definition) is 4. The fraction of sp³-hybridized carbons (Fsp3) is 0.292. The summed E-state index contributed by atoms with van der Waals surface area (Å²) in [6.45, 7) is 10.5. The number of nitrogens with one attached hydrogen (secondary N) is 1. The molecule has 5 nitrogen and oxygen atoms in total. The van der Waals surface area contributed by atoms with Crippen molar-refractivity contribution in [1.82, 2.24) is 20.1 Å². The highest BCUT2D eigenvalue weighted by Gasteiger charge is 2.26. The van der Waals surface area contributed by atoms with E-state index in [9.17, 15) is 4.79 Å². The van der Waals surface area contributed by atoms with Gasteiger partial charge in [0.05, 0.1) is 6.04 Å². The van der Waals surface area contributed by atoms with E-state index in [4.69, 9.17) is 11.6 Å². The number of thioether (sulfide) groups is 1. The van der Waals surface area contributed by atoms with Crippen LogP contribution in [0.3, 0.4) is 0 Å². The van der Waals surface area contributed by atoms with Gasteiger partial charge in [0.1, 0.15) is 0 Å². The van der Waals surface area contributed by atoms with Crippen molar-refractivity contribution in [3.05, 3.63) is 88.7 Å². The maximum Gasteiger partial charge on any atom is 0.251 e. The lowest BCUT2D eigenvalue weighted by atomic mass is 10.0. The topological polar surface area (TPSA) is 59.8 Å². The molecule has 0 fully saturated rings. The van der Waals surface area contributed by atoms with E-state index in [1.807, 2.05) is 66.1 Å². The van der Waals surface area contributed by atoms with Crippen LogP contribution in [0.1, 0.15) is 47.2 Å². The Kier molecular flexibility index (Phi) is 7.93. The molecule has 0 aliphatic heterocycles. The lowest BCUT2D eigenvalue weighted by Crippen LogP contribution is -2.33. The molecule has 0 saturated heterocycles. The first-order chi connectivity index (χ1) is 14.9. The fourth-order valence-electron chi connectivity index (χ4n) is 3.21. The molecule has 0 aliphatic carbocycles. The molecule has 7 heteroatoms. The zero-order valence-corrected chi connectivity index (χ0v) is 19.6. The number of allylic oxidation sites excluding steroid dienone is 1. The number of benzene rings is 2. The van der Waals surface area contributed by atoms with Gasteiger partial charge in [0.15, 0.2) is 11.0 Å². The van der Waals surface area contributed by atoms with Gasteiger partial charge in [-0.15, -0.1) is 16.8 Å². The highest BCUT2D eigenvalue weighted by molar-refractivity contribution is 7.98. The molecule has 0 spiro atoms. The second kappa shape index (κ2) is 10.6. The molecule has 1 N–H and O–H groups in total. The van der Waals surface area contributed by atoms with E-state index >= 15 is 0 Å². The van der Waals surface area contributed by atoms with E-state index in [1.54, 1.807) is 11.8 Å².